The summed E-state index contributed by atoms with van der Waals surface area (Å²) in [5.74, 6) is 2.16. The Labute approximate surface area is 217 Å². The average Bonchev–Trinajstić information content (AvgIpc) is 3.24. The van der Waals surface area contributed by atoms with E-state index >= 15 is 0 Å². The Hall–Kier alpha value is -3.58. The van der Waals surface area contributed by atoms with Gasteiger partial charge in [-0.15, -0.1) is 10.2 Å². The summed E-state index contributed by atoms with van der Waals surface area (Å²) in [5, 5.41) is 12.9. The van der Waals surface area contributed by atoms with E-state index in [2.05, 4.69) is 58.2 Å². The van der Waals surface area contributed by atoms with Crippen LogP contribution in [0.15, 0.2) is 84.0 Å². The number of thioether (sulfide) groups is 1. The first-order valence-electron chi connectivity index (χ1n) is 12.2. The molecule has 1 heterocycles. The molecular formula is C29H33N5OS. The van der Waals surface area contributed by atoms with Gasteiger partial charge in [-0.3, -0.25) is 4.79 Å². The predicted molar refractivity (Wildman–Crippen MR) is 149 cm³/mol. The molecule has 0 radical (unpaired) electrons. The van der Waals surface area contributed by atoms with E-state index in [1.165, 1.54) is 5.56 Å². The molecule has 0 aliphatic rings. The smallest absolute Gasteiger partial charge is 0.255 e. The van der Waals surface area contributed by atoms with Crippen molar-refractivity contribution >= 4 is 29.0 Å². The number of nitrogens with one attached hydrogen (secondary N) is 1. The molecule has 0 aliphatic heterocycles. The highest BCUT2D eigenvalue weighted by Crippen LogP contribution is 2.24. The van der Waals surface area contributed by atoms with Gasteiger partial charge >= 0.3 is 0 Å². The van der Waals surface area contributed by atoms with Crippen LogP contribution in [0, 0.1) is 5.92 Å². The third-order valence-electron chi connectivity index (χ3n) is 5.79. The fourth-order valence-electron chi connectivity index (χ4n) is 3.81. The molecule has 0 bridgehead atoms. The lowest BCUT2D eigenvalue weighted by Crippen LogP contribution is -2.12. The van der Waals surface area contributed by atoms with Crippen molar-refractivity contribution in [2.45, 2.75) is 37.7 Å². The van der Waals surface area contributed by atoms with Crippen molar-refractivity contribution in [3.8, 4) is 0 Å². The minimum absolute atomic E-state index is 0.118. The number of benzene rings is 3. The highest BCUT2D eigenvalue weighted by molar-refractivity contribution is 7.98. The quantitative estimate of drug-likeness (QED) is 0.266. The molecule has 0 saturated heterocycles. The number of rotatable bonds is 10. The van der Waals surface area contributed by atoms with Gasteiger partial charge in [0, 0.05) is 43.2 Å². The zero-order chi connectivity index (χ0) is 25.5. The molecule has 0 saturated carbocycles. The Kier molecular flexibility index (Phi) is 8.44. The molecule has 0 spiro atoms. The van der Waals surface area contributed by atoms with E-state index in [1.54, 1.807) is 11.8 Å². The second-order valence-electron chi connectivity index (χ2n) is 9.45. The molecule has 7 heteroatoms. The molecule has 186 valence electrons. The summed E-state index contributed by atoms with van der Waals surface area (Å²) in [6.07, 6.45) is 0.891. The Balaban J connectivity index is 1.40. The van der Waals surface area contributed by atoms with Crippen molar-refractivity contribution in [3.63, 3.8) is 0 Å². The van der Waals surface area contributed by atoms with E-state index in [4.69, 9.17) is 0 Å². The van der Waals surface area contributed by atoms with Crippen LogP contribution >= 0.6 is 11.8 Å². The summed E-state index contributed by atoms with van der Waals surface area (Å²) in [5.41, 5.74) is 4.86. The van der Waals surface area contributed by atoms with Crippen LogP contribution in [0.3, 0.4) is 0 Å². The number of anilines is 2. The normalized spacial score (nSPS) is 11.0. The molecule has 36 heavy (non-hydrogen) atoms. The molecular weight excluding hydrogens is 466 g/mol. The van der Waals surface area contributed by atoms with Crippen molar-refractivity contribution < 1.29 is 4.79 Å². The van der Waals surface area contributed by atoms with Gasteiger partial charge in [0.15, 0.2) is 5.16 Å². The van der Waals surface area contributed by atoms with Crippen LogP contribution in [0.2, 0.25) is 0 Å². The first-order chi connectivity index (χ1) is 17.4. The zero-order valence-corrected chi connectivity index (χ0v) is 22.1. The van der Waals surface area contributed by atoms with Crippen LogP contribution in [0.25, 0.3) is 0 Å². The maximum absolute atomic E-state index is 12.7. The Morgan fingerprint density at radius 3 is 2.25 bits per heavy atom. The number of amides is 1. The maximum Gasteiger partial charge on any atom is 0.255 e. The summed E-state index contributed by atoms with van der Waals surface area (Å²) < 4.78 is 2.23. The van der Waals surface area contributed by atoms with Gasteiger partial charge in [-0.2, -0.15) is 0 Å². The lowest BCUT2D eigenvalue weighted by atomic mass is 10.1. The van der Waals surface area contributed by atoms with Crippen molar-refractivity contribution in [1.82, 2.24) is 14.8 Å². The molecule has 1 amide bonds. The van der Waals surface area contributed by atoms with Crippen LogP contribution in [0.5, 0.6) is 0 Å². The molecule has 0 unspecified atom stereocenters. The standard InChI is InChI=1S/C29H33N5OS/c1-21(2)18-27-31-32-29(34(27)19-22-8-6-5-7-9-22)36-20-23-10-12-24(13-11-23)28(35)30-25-14-16-26(17-15-25)33(3)4/h5-17,21H,18-20H2,1-4H3,(H,30,35). The SMILES string of the molecule is CC(C)Cc1nnc(SCc2ccc(C(=O)Nc3ccc(N(C)C)cc3)cc2)n1Cc1ccccc1. The van der Waals surface area contributed by atoms with Gasteiger partial charge in [-0.1, -0.05) is 68.1 Å². The average molecular weight is 500 g/mol. The summed E-state index contributed by atoms with van der Waals surface area (Å²) in [6.45, 7) is 5.16. The second-order valence-corrected chi connectivity index (χ2v) is 10.4. The number of carbonyl (C=O) groups excluding carboxylic acids is 1. The van der Waals surface area contributed by atoms with E-state index < -0.39 is 0 Å². The molecule has 1 N–H and O–H groups in total. The molecule has 0 aliphatic carbocycles. The third-order valence-corrected chi connectivity index (χ3v) is 6.83. The molecule has 0 fully saturated rings. The van der Waals surface area contributed by atoms with E-state index in [-0.39, 0.29) is 5.91 Å². The van der Waals surface area contributed by atoms with E-state index in [0.717, 1.165) is 46.6 Å². The Morgan fingerprint density at radius 1 is 0.917 bits per heavy atom. The predicted octanol–water partition coefficient (Wildman–Crippen LogP) is 6.14. The lowest BCUT2D eigenvalue weighted by molar-refractivity contribution is 0.102. The summed E-state index contributed by atoms with van der Waals surface area (Å²) >= 11 is 1.67. The fraction of sp³-hybridized carbons (Fsp3) is 0.276. The van der Waals surface area contributed by atoms with Crippen LogP contribution in [0.1, 0.15) is 41.2 Å². The van der Waals surface area contributed by atoms with Gasteiger partial charge in [0.25, 0.3) is 5.91 Å². The Bertz CT molecular complexity index is 1270. The fourth-order valence-corrected chi connectivity index (χ4v) is 4.73. The largest absolute Gasteiger partial charge is 0.378 e. The van der Waals surface area contributed by atoms with Crippen molar-refractivity contribution in [2.24, 2.45) is 5.92 Å². The number of hydrogen-bond acceptors (Lipinski definition) is 5. The minimum Gasteiger partial charge on any atom is -0.378 e. The number of nitrogens with zero attached hydrogens (tertiary/aromatic N) is 4. The van der Waals surface area contributed by atoms with Crippen LogP contribution in [0.4, 0.5) is 11.4 Å². The van der Waals surface area contributed by atoms with Crippen molar-refractivity contribution in [2.75, 3.05) is 24.3 Å². The van der Waals surface area contributed by atoms with Gasteiger partial charge in [-0.05, 0) is 53.4 Å². The van der Waals surface area contributed by atoms with E-state index in [0.29, 0.717) is 11.5 Å². The highest BCUT2D eigenvalue weighted by atomic mass is 32.2. The molecule has 0 atom stereocenters. The number of hydrogen-bond donors (Lipinski definition) is 1. The summed E-state index contributed by atoms with van der Waals surface area (Å²) in [7, 11) is 3.98. The minimum atomic E-state index is -0.118. The number of carbonyl (C=O) groups is 1. The zero-order valence-electron chi connectivity index (χ0n) is 21.3. The first-order valence-corrected chi connectivity index (χ1v) is 13.1. The van der Waals surface area contributed by atoms with Crippen LogP contribution < -0.4 is 10.2 Å². The van der Waals surface area contributed by atoms with E-state index in [9.17, 15) is 4.79 Å². The topological polar surface area (TPSA) is 63.1 Å². The maximum atomic E-state index is 12.7. The van der Waals surface area contributed by atoms with Crippen molar-refractivity contribution in [3.05, 3.63) is 101 Å². The second kappa shape index (κ2) is 11.9. The first kappa shape index (κ1) is 25.5. The molecule has 4 rings (SSSR count). The number of aromatic nitrogens is 3. The van der Waals surface area contributed by atoms with Gasteiger partial charge < -0.3 is 14.8 Å². The van der Waals surface area contributed by atoms with E-state index in [1.807, 2.05) is 73.6 Å². The summed E-state index contributed by atoms with van der Waals surface area (Å²) in [4.78, 5) is 14.7. The molecule has 3 aromatic carbocycles. The summed E-state index contributed by atoms with van der Waals surface area (Å²) in [6, 6.07) is 26.0. The monoisotopic (exact) mass is 499 g/mol. The van der Waals surface area contributed by atoms with Crippen LogP contribution in [-0.4, -0.2) is 34.8 Å². The van der Waals surface area contributed by atoms with Gasteiger partial charge in [0.1, 0.15) is 5.82 Å². The van der Waals surface area contributed by atoms with Gasteiger partial charge in [-0.25, -0.2) is 0 Å². The Morgan fingerprint density at radius 2 is 1.61 bits per heavy atom. The third kappa shape index (κ3) is 6.76. The lowest BCUT2D eigenvalue weighted by Gasteiger charge is -2.13. The van der Waals surface area contributed by atoms with Crippen LogP contribution in [-0.2, 0) is 18.7 Å². The molecule has 6 nitrogen and oxygen atoms in total. The van der Waals surface area contributed by atoms with Gasteiger partial charge in [0.2, 0.25) is 0 Å². The van der Waals surface area contributed by atoms with Crippen molar-refractivity contribution in [1.29, 1.82) is 0 Å². The molecule has 1 aromatic heterocycles. The highest BCUT2D eigenvalue weighted by Gasteiger charge is 2.15. The van der Waals surface area contributed by atoms with Gasteiger partial charge in [0.05, 0.1) is 6.54 Å². The molecule has 4 aromatic rings.